The zero-order chi connectivity index (χ0) is 33.7. The number of hydrogen-bond acceptors (Lipinski definition) is 5. The van der Waals surface area contributed by atoms with Crippen LogP contribution in [0, 0.1) is 0 Å². The first kappa shape index (κ1) is 29.1. The molecule has 1 aliphatic heterocycles. The van der Waals surface area contributed by atoms with Gasteiger partial charge >= 0.3 is 0 Å². The summed E-state index contributed by atoms with van der Waals surface area (Å²) in [7, 11) is 0. The summed E-state index contributed by atoms with van der Waals surface area (Å²) in [6, 6.07) is 56.5. The van der Waals surface area contributed by atoms with Gasteiger partial charge in [-0.2, -0.15) is 0 Å². The normalized spacial score (nSPS) is 14.5. The molecular weight excluding hydrogens is 625 g/mol. The lowest BCUT2D eigenvalue weighted by Gasteiger charge is -2.24. The van der Waals surface area contributed by atoms with Crippen molar-refractivity contribution >= 4 is 55.2 Å². The molecule has 2 aromatic heterocycles. The molecule has 0 saturated carbocycles. The minimum absolute atomic E-state index is 0.286. The van der Waals surface area contributed by atoms with Gasteiger partial charge < -0.3 is 9.73 Å². The van der Waals surface area contributed by atoms with E-state index in [1.54, 1.807) is 0 Å². The van der Waals surface area contributed by atoms with Gasteiger partial charge in [0.05, 0.1) is 11.1 Å². The number of amidine groups is 2. The predicted molar refractivity (Wildman–Crippen MR) is 209 cm³/mol. The highest BCUT2D eigenvalue weighted by atomic mass is 16.3. The third kappa shape index (κ3) is 4.98. The van der Waals surface area contributed by atoms with Gasteiger partial charge in [0.1, 0.15) is 23.2 Å². The molecule has 5 heteroatoms. The van der Waals surface area contributed by atoms with E-state index in [0.717, 1.165) is 88.4 Å². The fourth-order valence-electron chi connectivity index (χ4n) is 7.31. The molecule has 1 unspecified atom stereocenters. The number of pyridine rings is 1. The van der Waals surface area contributed by atoms with Crippen molar-refractivity contribution in [3.05, 3.63) is 187 Å². The molecule has 5 nitrogen and oxygen atoms in total. The zero-order valence-electron chi connectivity index (χ0n) is 27.5. The first-order valence-corrected chi connectivity index (χ1v) is 17.1. The van der Waals surface area contributed by atoms with Crippen molar-refractivity contribution in [1.82, 2.24) is 10.3 Å². The summed E-state index contributed by atoms with van der Waals surface area (Å²) in [6.45, 7) is 0. The molecule has 1 atom stereocenters. The van der Waals surface area contributed by atoms with Crippen LogP contribution in [-0.2, 0) is 0 Å². The molecule has 7 aromatic carbocycles. The predicted octanol–water partition coefficient (Wildman–Crippen LogP) is 11.1. The summed E-state index contributed by atoms with van der Waals surface area (Å²) in [4.78, 5) is 15.4. The van der Waals surface area contributed by atoms with Crippen LogP contribution in [0.4, 0.5) is 0 Å². The second kappa shape index (κ2) is 11.9. The molecule has 0 fully saturated rings. The molecule has 1 N–H and O–H groups in total. The van der Waals surface area contributed by atoms with E-state index in [4.69, 9.17) is 19.4 Å². The van der Waals surface area contributed by atoms with Crippen LogP contribution < -0.4 is 5.32 Å². The van der Waals surface area contributed by atoms with Gasteiger partial charge in [0.25, 0.3) is 0 Å². The topological polar surface area (TPSA) is 62.8 Å². The monoisotopic (exact) mass is 654 g/mol. The summed E-state index contributed by atoms with van der Waals surface area (Å²) in [5.41, 5.74) is 8.67. The van der Waals surface area contributed by atoms with E-state index in [2.05, 4.69) is 127 Å². The van der Waals surface area contributed by atoms with Gasteiger partial charge in [-0.15, -0.1) is 0 Å². The third-order valence-corrected chi connectivity index (χ3v) is 9.77. The number of rotatable bonds is 5. The van der Waals surface area contributed by atoms with Gasteiger partial charge in [0.15, 0.2) is 5.84 Å². The minimum atomic E-state index is -0.286. The van der Waals surface area contributed by atoms with E-state index >= 15 is 0 Å². The summed E-state index contributed by atoms with van der Waals surface area (Å²) < 4.78 is 6.76. The Morgan fingerprint density at radius 2 is 1.14 bits per heavy atom. The molecule has 0 aliphatic carbocycles. The first-order chi connectivity index (χ1) is 25.3. The molecule has 3 heterocycles. The Balaban J connectivity index is 1.19. The second-order valence-corrected chi connectivity index (χ2v) is 12.8. The Morgan fingerprint density at radius 1 is 0.529 bits per heavy atom. The fourth-order valence-corrected chi connectivity index (χ4v) is 7.31. The van der Waals surface area contributed by atoms with E-state index in [9.17, 15) is 0 Å². The molecule has 240 valence electrons. The maximum Gasteiger partial charge on any atom is 0.159 e. The zero-order valence-corrected chi connectivity index (χ0v) is 27.5. The van der Waals surface area contributed by atoms with Crippen LogP contribution in [0.15, 0.2) is 184 Å². The number of hydrogen-bond donors (Lipinski definition) is 1. The van der Waals surface area contributed by atoms with Crippen molar-refractivity contribution in [1.29, 1.82) is 0 Å². The molecule has 0 amide bonds. The van der Waals surface area contributed by atoms with Crippen molar-refractivity contribution in [3.63, 3.8) is 0 Å². The third-order valence-electron chi connectivity index (χ3n) is 9.77. The maximum absolute atomic E-state index is 6.76. The molecular formula is C46H30N4O. The lowest BCUT2D eigenvalue weighted by Crippen LogP contribution is -2.33. The summed E-state index contributed by atoms with van der Waals surface area (Å²) in [6.07, 6.45) is 1.67. The van der Waals surface area contributed by atoms with E-state index < -0.39 is 0 Å². The van der Waals surface area contributed by atoms with Crippen LogP contribution in [0.25, 0.3) is 65.9 Å². The quantitative estimate of drug-likeness (QED) is 0.201. The largest absolute Gasteiger partial charge is 0.455 e. The van der Waals surface area contributed by atoms with Crippen LogP contribution in [0.1, 0.15) is 22.9 Å². The first-order valence-electron chi connectivity index (χ1n) is 17.1. The highest BCUT2D eigenvalue weighted by Crippen LogP contribution is 2.43. The Morgan fingerprint density at radius 3 is 1.88 bits per heavy atom. The summed E-state index contributed by atoms with van der Waals surface area (Å²) >= 11 is 0. The molecule has 0 saturated heterocycles. The molecule has 51 heavy (non-hydrogen) atoms. The van der Waals surface area contributed by atoms with E-state index in [0.29, 0.717) is 5.84 Å². The van der Waals surface area contributed by atoms with Gasteiger partial charge in [-0.1, -0.05) is 146 Å². The number of fused-ring (bicyclic) bond motifs is 5. The van der Waals surface area contributed by atoms with E-state index in [1.165, 1.54) is 0 Å². The van der Waals surface area contributed by atoms with Crippen LogP contribution >= 0.6 is 0 Å². The number of aliphatic imine (C=N–C) groups is 2. The maximum atomic E-state index is 6.76. The standard InChI is InChI=1S/C46H30N4O/c1-4-14-29(15-5-1)39-28-47-42(41-38-26-32-20-10-11-21-33(32)27-40(38)51-43(39)41)36-24-25-37(35-23-13-12-22-34(35)36)46-49-44(30-16-6-2-7-17-30)48-45(50-46)31-18-8-3-9-19-31/h1-28,44H,(H,48,49,50). The highest BCUT2D eigenvalue weighted by Gasteiger charge is 2.24. The molecule has 0 spiro atoms. The van der Waals surface area contributed by atoms with Crippen molar-refractivity contribution < 1.29 is 4.42 Å². The SMILES string of the molecule is c1ccc(C2=NC(c3ccccc3)NC(c3ccc(-c4ncc(-c5ccccc5)c5oc6cc7ccccc7cc6c45)c4ccccc34)=N2)cc1. The van der Waals surface area contributed by atoms with E-state index in [-0.39, 0.29) is 6.17 Å². The number of nitrogens with zero attached hydrogens (tertiary/aromatic N) is 3. The number of furan rings is 1. The second-order valence-electron chi connectivity index (χ2n) is 12.8. The van der Waals surface area contributed by atoms with Gasteiger partial charge in [0.2, 0.25) is 0 Å². The molecule has 10 rings (SSSR count). The summed E-state index contributed by atoms with van der Waals surface area (Å²) in [5.74, 6) is 1.47. The van der Waals surface area contributed by atoms with Crippen LogP contribution in [0.2, 0.25) is 0 Å². The smallest absolute Gasteiger partial charge is 0.159 e. The van der Waals surface area contributed by atoms with Gasteiger partial charge in [0, 0.05) is 33.8 Å². The fraction of sp³-hybridized carbons (Fsp3) is 0.0217. The Bertz CT molecular complexity index is 2820. The minimum Gasteiger partial charge on any atom is -0.455 e. The van der Waals surface area contributed by atoms with Crippen LogP contribution in [0.3, 0.4) is 0 Å². The van der Waals surface area contributed by atoms with Gasteiger partial charge in [-0.25, -0.2) is 9.98 Å². The van der Waals surface area contributed by atoms with E-state index in [1.807, 2.05) is 48.7 Å². The number of nitrogens with one attached hydrogen (secondary N) is 1. The Kier molecular flexibility index (Phi) is 6.81. The lowest BCUT2D eigenvalue weighted by molar-refractivity contribution is 0.670. The van der Waals surface area contributed by atoms with Crippen molar-refractivity contribution in [3.8, 4) is 22.4 Å². The molecule has 0 bridgehead atoms. The van der Waals surface area contributed by atoms with Gasteiger partial charge in [-0.05, 0) is 50.9 Å². The van der Waals surface area contributed by atoms with Crippen LogP contribution in [-0.4, -0.2) is 16.7 Å². The average Bonchev–Trinajstić information content (AvgIpc) is 3.58. The van der Waals surface area contributed by atoms with Crippen molar-refractivity contribution in [2.24, 2.45) is 9.98 Å². The van der Waals surface area contributed by atoms with Crippen molar-refractivity contribution in [2.45, 2.75) is 6.17 Å². The molecule has 0 radical (unpaired) electrons. The van der Waals surface area contributed by atoms with Gasteiger partial charge in [-0.3, -0.25) is 4.98 Å². The van der Waals surface area contributed by atoms with Crippen LogP contribution in [0.5, 0.6) is 0 Å². The summed E-state index contributed by atoms with van der Waals surface area (Å²) in [5, 5.41) is 10.2. The number of aromatic nitrogens is 1. The Labute approximate surface area is 294 Å². The molecule has 9 aromatic rings. The highest BCUT2D eigenvalue weighted by molar-refractivity contribution is 6.22. The lowest BCUT2D eigenvalue weighted by atomic mass is 9.93. The average molecular weight is 655 g/mol. The van der Waals surface area contributed by atoms with Crippen molar-refractivity contribution in [2.75, 3.05) is 0 Å². The Hall–Kier alpha value is -6.85. The molecule has 1 aliphatic rings. The number of benzene rings is 7.